The van der Waals surface area contributed by atoms with Gasteiger partial charge in [0, 0.05) is 5.69 Å². The van der Waals surface area contributed by atoms with Crippen LogP contribution < -0.4 is 10.9 Å². The Kier molecular flexibility index (Phi) is 4.97. The number of nitrogens with one attached hydrogen (secondary N) is 2. The molecule has 0 saturated carbocycles. The quantitative estimate of drug-likeness (QED) is 0.844. The molecule has 0 aliphatic carbocycles. The Hall–Kier alpha value is -2.15. The fourth-order valence-electron chi connectivity index (χ4n) is 2.17. The number of hydrogen-bond donors (Lipinski definition) is 2. The predicted molar refractivity (Wildman–Crippen MR) is 87.3 cm³/mol. The third kappa shape index (κ3) is 3.94. The molecule has 0 aliphatic heterocycles. The Morgan fingerprint density at radius 2 is 1.91 bits per heavy atom. The highest BCUT2D eigenvalue weighted by atomic mass is 32.2. The number of hydrogen-bond acceptors (Lipinski definition) is 5. The van der Waals surface area contributed by atoms with E-state index in [4.69, 9.17) is 0 Å². The van der Waals surface area contributed by atoms with Crippen molar-refractivity contribution in [2.24, 2.45) is 0 Å². The lowest BCUT2D eigenvalue weighted by molar-refractivity contribution is -0.115. The zero-order chi connectivity index (χ0) is 16.3. The van der Waals surface area contributed by atoms with Gasteiger partial charge in [-0.15, -0.1) is 5.10 Å². The first kappa shape index (κ1) is 16.2. The van der Waals surface area contributed by atoms with Crippen LogP contribution in [0.4, 0.5) is 5.69 Å². The lowest BCUT2D eigenvalue weighted by Gasteiger charge is -2.15. The highest BCUT2D eigenvalue weighted by Crippen LogP contribution is 2.24. The number of amides is 1. The van der Waals surface area contributed by atoms with E-state index in [-0.39, 0.29) is 11.5 Å². The second-order valence-corrected chi connectivity index (χ2v) is 6.49. The van der Waals surface area contributed by atoms with Gasteiger partial charge >= 0.3 is 0 Å². The van der Waals surface area contributed by atoms with Crippen LogP contribution in [0, 0.1) is 20.8 Å². The molecule has 1 unspecified atom stereocenters. The van der Waals surface area contributed by atoms with Gasteiger partial charge in [-0.1, -0.05) is 29.5 Å². The Labute approximate surface area is 132 Å². The van der Waals surface area contributed by atoms with Crippen molar-refractivity contribution in [3.05, 3.63) is 45.4 Å². The molecule has 0 spiro atoms. The molecule has 1 atom stereocenters. The second kappa shape index (κ2) is 6.74. The number of aromatic amines is 1. The zero-order valence-electron chi connectivity index (χ0n) is 12.9. The molecule has 0 fully saturated rings. The maximum absolute atomic E-state index is 12.3. The average Bonchev–Trinajstić information content (AvgIpc) is 2.42. The van der Waals surface area contributed by atoms with Crippen molar-refractivity contribution in [3.8, 4) is 0 Å². The monoisotopic (exact) mass is 318 g/mol. The van der Waals surface area contributed by atoms with Crippen LogP contribution in [0.5, 0.6) is 0 Å². The first-order valence-electron chi connectivity index (χ1n) is 6.84. The molecular weight excluding hydrogens is 300 g/mol. The third-order valence-corrected chi connectivity index (χ3v) is 4.11. The van der Waals surface area contributed by atoms with Gasteiger partial charge in [0.05, 0.1) is 5.25 Å². The minimum atomic E-state index is -0.410. The summed E-state index contributed by atoms with van der Waals surface area (Å²) in [5.41, 5.74) is 3.70. The van der Waals surface area contributed by atoms with Gasteiger partial charge in [0.1, 0.15) is 6.20 Å². The number of carbonyl (C=O) groups is 1. The van der Waals surface area contributed by atoms with Gasteiger partial charge in [0.25, 0.3) is 5.56 Å². The molecular formula is C15H18N4O2S. The topological polar surface area (TPSA) is 87.7 Å². The standard InChI is InChI=1S/C15H18N4O2S/c1-8-5-9(2)13(10(3)6-8)18-14(21)11(4)22-15-17-12(20)7-16-19-15/h5-7,11H,1-4H3,(H,18,21)(H,17,19,20). The van der Waals surface area contributed by atoms with Crippen molar-refractivity contribution in [2.75, 3.05) is 5.32 Å². The van der Waals surface area contributed by atoms with E-state index in [0.717, 1.165) is 40.3 Å². The molecule has 0 aliphatic rings. The maximum Gasteiger partial charge on any atom is 0.270 e. The summed E-state index contributed by atoms with van der Waals surface area (Å²) < 4.78 is 0. The van der Waals surface area contributed by atoms with Gasteiger partial charge in [-0.25, -0.2) is 0 Å². The van der Waals surface area contributed by atoms with Gasteiger partial charge in [-0.2, -0.15) is 5.10 Å². The van der Waals surface area contributed by atoms with Crippen LogP contribution in [0.2, 0.25) is 0 Å². The van der Waals surface area contributed by atoms with E-state index in [1.54, 1.807) is 6.92 Å². The number of thioether (sulfide) groups is 1. The van der Waals surface area contributed by atoms with E-state index in [0.29, 0.717) is 5.16 Å². The number of rotatable bonds is 4. The maximum atomic E-state index is 12.3. The van der Waals surface area contributed by atoms with Crippen molar-refractivity contribution in [1.82, 2.24) is 15.2 Å². The van der Waals surface area contributed by atoms with Crippen LogP contribution in [0.15, 0.2) is 28.3 Å². The largest absolute Gasteiger partial charge is 0.325 e. The molecule has 1 aromatic carbocycles. The highest BCUT2D eigenvalue weighted by molar-refractivity contribution is 8.00. The average molecular weight is 318 g/mol. The summed E-state index contributed by atoms with van der Waals surface area (Å²) in [5, 5.41) is 10.2. The minimum absolute atomic E-state index is 0.147. The highest BCUT2D eigenvalue weighted by Gasteiger charge is 2.17. The van der Waals surface area contributed by atoms with E-state index in [1.165, 1.54) is 0 Å². The number of aromatic nitrogens is 3. The Morgan fingerprint density at radius 1 is 1.27 bits per heavy atom. The van der Waals surface area contributed by atoms with Gasteiger partial charge in [-0.05, 0) is 38.8 Å². The fourth-order valence-corrected chi connectivity index (χ4v) is 2.93. The Morgan fingerprint density at radius 3 is 2.50 bits per heavy atom. The molecule has 7 heteroatoms. The fraction of sp³-hybridized carbons (Fsp3) is 0.333. The summed E-state index contributed by atoms with van der Waals surface area (Å²) in [6.45, 7) is 7.71. The summed E-state index contributed by atoms with van der Waals surface area (Å²) in [7, 11) is 0. The summed E-state index contributed by atoms with van der Waals surface area (Å²) in [4.78, 5) is 26.0. The lowest BCUT2D eigenvalue weighted by atomic mass is 10.1. The molecule has 1 aromatic heterocycles. The summed E-state index contributed by atoms with van der Waals surface area (Å²) in [6, 6.07) is 4.06. The van der Waals surface area contributed by atoms with E-state index >= 15 is 0 Å². The number of aryl methyl sites for hydroxylation is 3. The second-order valence-electron chi connectivity index (χ2n) is 5.16. The van der Waals surface area contributed by atoms with Crippen LogP contribution in [-0.4, -0.2) is 26.3 Å². The molecule has 0 radical (unpaired) electrons. The number of H-pyrrole nitrogens is 1. The number of carbonyl (C=O) groups excluding carboxylic acids is 1. The SMILES string of the molecule is Cc1cc(C)c(NC(=O)C(C)Sc2nncc(=O)[nH]2)c(C)c1. The summed E-state index contributed by atoms with van der Waals surface area (Å²) in [6.07, 6.45) is 1.09. The van der Waals surface area contributed by atoms with Crippen LogP contribution in [-0.2, 0) is 4.79 Å². The van der Waals surface area contributed by atoms with Crippen LogP contribution in [0.25, 0.3) is 0 Å². The lowest BCUT2D eigenvalue weighted by Crippen LogP contribution is -2.24. The van der Waals surface area contributed by atoms with Gasteiger partial charge < -0.3 is 5.32 Å². The predicted octanol–water partition coefficient (Wildman–Crippen LogP) is 2.21. The van der Waals surface area contributed by atoms with Crippen molar-refractivity contribution >= 4 is 23.4 Å². The molecule has 0 bridgehead atoms. The van der Waals surface area contributed by atoms with E-state index < -0.39 is 5.25 Å². The summed E-state index contributed by atoms with van der Waals surface area (Å²) >= 11 is 1.16. The van der Waals surface area contributed by atoms with E-state index in [1.807, 2.05) is 32.9 Å². The Bertz CT molecular complexity index is 734. The number of benzene rings is 1. The van der Waals surface area contributed by atoms with Crippen molar-refractivity contribution < 1.29 is 4.79 Å². The number of nitrogens with zero attached hydrogens (tertiary/aromatic N) is 2. The first-order chi connectivity index (χ1) is 10.4. The number of anilines is 1. The molecule has 2 rings (SSSR count). The van der Waals surface area contributed by atoms with Crippen LogP contribution in [0.1, 0.15) is 23.6 Å². The smallest absolute Gasteiger partial charge is 0.270 e. The Balaban J connectivity index is 2.10. The molecule has 1 amide bonds. The van der Waals surface area contributed by atoms with Crippen LogP contribution >= 0.6 is 11.8 Å². The van der Waals surface area contributed by atoms with Crippen molar-refractivity contribution in [2.45, 2.75) is 38.1 Å². The normalized spacial score (nSPS) is 12.0. The zero-order valence-corrected chi connectivity index (χ0v) is 13.7. The van der Waals surface area contributed by atoms with Gasteiger partial charge in [-0.3, -0.25) is 14.6 Å². The molecule has 0 saturated heterocycles. The van der Waals surface area contributed by atoms with E-state index in [2.05, 4.69) is 20.5 Å². The minimum Gasteiger partial charge on any atom is -0.325 e. The van der Waals surface area contributed by atoms with Crippen LogP contribution in [0.3, 0.4) is 0 Å². The van der Waals surface area contributed by atoms with Gasteiger partial charge in [0.15, 0.2) is 5.16 Å². The molecule has 1 heterocycles. The van der Waals surface area contributed by atoms with Crippen molar-refractivity contribution in [1.29, 1.82) is 0 Å². The molecule has 22 heavy (non-hydrogen) atoms. The summed E-state index contributed by atoms with van der Waals surface area (Å²) in [5.74, 6) is -0.147. The molecule has 116 valence electrons. The van der Waals surface area contributed by atoms with Crippen molar-refractivity contribution in [3.63, 3.8) is 0 Å². The third-order valence-electron chi connectivity index (χ3n) is 3.14. The first-order valence-corrected chi connectivity index (χ1v) is 7.72. The molecule has 2 aromatic rings. The van der Waals surface area contributed by atoms with Gasteiger partial charge in [0.2, 0.25) is 5.91 Å². The van der Waals surface area contributed by atoms with E-state index in [9.17, 15) is 9.59 Å². The molecule has 6 nitrogen and oxygen atoms in total. The molecule has 2 N–H and O–H groups in total.